The molecule has 0 spiro atoms. The van der Waals surface area contributed by atoms with Gasteiger partial charge in [-0.15, -0.1) is 0 Å². The van der Waals surface area contributed by atoms with Gasteiger partial charge in [-0.3, -0.25) is 9.89 Å². The summed E-state index contributed by atoms with van der Waals surface area (Å²) in [6, 6.07) is 7.94. The fraction of sp³-hybridized carbons (Fsp3) is 0.250. The van der Waals surface area contributed by atoms with E-state index in [0.717, 1.165) is 12.1 Å². The molecule has 1 aromatic carbocycles. The van der Waals surface area contributed by atoms with Gasteiger partial charge in [0, 0.05) is 18.2 Å². The zero-order valence-corrected chi connectivity index (χ0v) is 8.92. The molecule has 2 N–H and O–H groups in total. The van der Waals surface area contributed by atoms with Crippen LogP contribution in [0.25, 0.3) is 0 Å². The maximum atomic E-state index is 10.9. The second-order valence-corrected chi connectivity index (χ2v) is 3.88. The number of aromatic nitrogens is 2. The molecular weight excluding hydrogens is 188 g/mol. The Bertz CT molecular complexity index is 522. The van der Waals surface area contributed by atoms with Crippen LogP contribution in [0.5, 0.6) is 0 Å². The van der Waals surface area contributed by atoms with Gasteiger partial charge in [-0.2, -0.15) is 0 Å². The van der Waals surface area contributed by atoms with Crippen LogP contribution in [-0.2, 0) is 6.42 Å². The smallest absolute Gasteiger partial charge is 0.264 e. The average Bonchev–Trinajstić information content (AvgIpc) is 2.58. The fourth-order valence-electron chi connectivity index (χ4n) is 1.60. The van der Waals surface area contributed by atoms with E-state index in [2.05, 4.69) is 42.2 Å². The third-order valence-electron chi connectivity index (χ3n) is 2.62. The highest BCUT2D eigenvalue weighted by Crippen LogP contribution is 2.12. The largest absolute Gasteiger partial charge is 0.302 e. The molecule has 0 unspecified atom stereocenters. The summed E-state index contributed by atoms with van der Waals surface area (Å²) in [4.78, 5) is 10.9. The van der Waals surface area contributed by atoms with Gasteiger partial charge in [0.2, 0.25) is 0 Å². The second-order valence-electron chi connectivity index (χ2n) is 3.88. The molecule has 78 valence electrons. The van der Waals surface area contributed by atoms with Gasteiger partial charge in [-0.25, -0.2) is 0 Å². The van der Waals surface area contributed by atoms with Crippen molar-refractivity contribution in [3.05, 3.63) is 57.0 Å². The lowest BCUT2D eigenvalue weighted by molar-refractivity contribution is 0.981. The van der Waals surface area contributed by atoms with Crippen LogP contribution in [0.15, 0.2) is 29.1 Å². The summed E-state index contributed by atoms with van der Waals surface area (Å²) in [6.07, 6.45) is 0.764. The molecule has 0 radical (unpaired) electrons. The third-order valence-corrected chi connectivity index (χ3v) is 2.62. The Morgan fingerprint density at radius 3 is 2.47 bits per heavy atom. The Labute approximate surface area is 88.1 Å². The predicted molar refractivity (Wildman–Crippen MR) is 60.1 cm³/mol. The van der Waals surface area contributed by atoms with Crippen LogP contribution in [0.2, 0.25) is 0 Å². The molecule has 2 aromatic rings. The zero-order valence-electron chi connectivity index (χ0n) is 8.92. The molecule has 3 heteroatoms. The minimum absolute atomic E-state index is 0.0752. The number of rotatable bonds is 2. The Balaban J connectivity index is 2.24. The summed E-state index contributed by atoms with van der Waals surface area (Å²) in [5.41, 5.74) is 4.64. The van der Waals surface area contributed by atoms with Gasteiger partial charge in [0.25, 0.3) is 5.56 Å². The first-order chi connectivity index (χ1) is 7.15. The maximum Gasteiger partial charge on any atom is 0.264 e. The minimum Gasteiger partial charge on any atom is -0.302 e. The van der Waals surface area contributed by atoms with Crippen molar-refractivity contribution in [1.29, 1.82) is 0 Å². The van der Waals surface area contributed by atoms with Crippen LogP contribution < -0.4 is 5.56 Å². The zero-order chi connectivity index (χ0) is 10.8. The van der Waals surface area contributed by atoms with Crippen molar-refractivity contribution >= 4 is 0 Å². The van der Waals surface area contributed by atoms with Gasteiger partial charge in [0.15, 0.2) is 0 Å². The van der Waals surface area contributed by atoms with E-state index in [-0.39, 0.29) is 5.56 Å². The van der Waals surface area contributed by atoms with Crippen molar-refractivity contribution in [2.75, 3.05) is 0 Å². The predicted octanol–water partition coefficient (Wildman–Crippen LogP) is 1.91. The molecule has 0 bridgehead atoms. The number of aryl methyl sites for hydroxylation is 2. The van der Waals surface area contributed by atoms with Crippen molar-refractivity contribution in [2.45, 2.75) is 20.3 Å². The average molecular weight is 202 g/mol. The molecule has 0 aliphatic heterocycles. The normalized spacial score (nSPS) is 10.5. The minimum atomic E-state index is -0.0752. The van der Waals surface area contributed by atoms with Gasteiger partial charge in [-0.1, -0.05) is 18.2 Å². The molecular formula is C12H14N2O. The topological polar surface area (TPSA) is 48.6 Å². The molecule has 0 saturated heterocycles. The summed E-state index contributed by atoms with van der Waals surface area (Å²) in [5.74, 6) is 0. The molecule has 0 amide bonds. The van der Waals surface area contributed by atoms with E-state index >= 15 is 0 Å². The van der Waals surface area contributed by atoms with E-state index in [4.69, 9.17) is 0 Å². The lowest BCUT2D eigenvalue weighted by atomic mass is 10.0. The van der Waals surface area contributed by atoms with Gasteiger partial charge in [0.05, 0.1) is 0 Å². The van der Waals surface area contributed by atoms with Gasteiger partial charge >= 0.3 is 0 Å². The Hall–Kier alpha value is -1.77. The van der Waals surface area contributed by atoms with E-state index < -0.39 is 0 Å². The number of aromatic amines is 2. The van der Waals surface area contributed by atoms with E-state index in [1.807, 2.05) is 0 Å². The highest BCUT2D eigenvalue weighted by atomic mass is 16.1. The molecule has 2 rings (SSSR count). The van der Waals surface area contributed by atoms with Crippen molar-refractivity contribution in [2.24, 2.45) is 0 Å². The molecule has 0 saturated carbocycles. The lowest BCUT2D eigenvalue weighted by Gasteiger charge is -2.03. The van der Waals surface area contributed by atoms with Gasteiger partial charge in [0.1, 0.15) is 0 Å². The molecule has 0 aliphatic rings. The number of hydrogen-bond donors (Lipinski definition) is 2. The van der Waals surface area contributed by atoms with Crippen LogP contribution in [0.1, 0.15) is 22.4 Å². The van der Waals surface area contributed by atoms with Gasteiger partial charge in [-0.05, 0) is 30.5 Å². The second kappa shape index (κ2) is 3.77. The lowest BCUT2D eigenvalue weighted by Crippen LogP contribution is -1.94. The SMILES string of the molecule is Cc1ccc(Cc2cc(=O)[nH][nH]2)cc1C. The first-order valence-corrected chi connectivity index (χ1v) is 4.98. The van der Waals surface area contributed by atoms with E-state index in [1.54, 1.807) is 6.07 Å². The van der Waals surface area contributed by atoms with Crippen molar-refractivity contribution in [1.82, 2.24) is 10.2 Å². The van der Waals surface area contributed by atoms with Crippen LogP contribution in [0.3, 0.4) is 0 Å². The van der Waals surface area contributed by atoms with Crippen LogP contribution in [0, 0.1) is 13.8 Å². The van der Waals surface area contributed by atoms with E-state index in [1.165, 1.54) is 16.7 Å². The number of H-pyrrole nitrogens is 2. The first kappa shape index (κ1) is 9.77. The summed E-state index contributed by atoms with van der Waals surface area (Å²) >= 11 is 0. The third kappa shape index (κ3) is 2.18. The number of nitrogens with one attached hydrogen (secondary N) is 2. The van der Waals surface area contributed by atoms with Crippen molar-refractivity contribution < 1.29 is 0 Å². The maximum absolute atomic E-state index is 10.9. The molecule has 0 atom stereocenters. The first-order valence-electron chi connectivity index (χ1n) is 4.98. The molecule has 1 aromatic heterocycles. The fourth-order valence-corrected chi connectivity index (χ4v) is 1.60. The molecule has 3 nitrogen and oxygen atoms in total. The Morgan fingerprint density at radius 2 is 1.87 bits per heavy atom. The molecule has 15 heavy (non-hydrogen) atoms. The monoisotopic (exact) mass is 202 g/mol. The Kier molecular flexibility index (Phi) is 2.46. The van der Waals surface area contributed by atoms with Crippen LogP contribution >= 0.6 is 0 Å². The molecule has 1 heterocycles. The summed E-state index contributed by atoms with van der Waals surface area (Å²) in [5, 5.41) is 5.38. The summed E-state index contributed by atoms with van der Waals surface area (Å²) in [6.45, 7) is 4.19. The van der Waals surface area contributed by atoms with Crippen molar-refractivity contribution in [3.8, 4) is 0 Å². The number of benzene rings is 1. The van der Waals surface area contributed by atoms with E-state index in [9.17, 15) is 4.79 Å². The van der Waals surface area contributed by atoms with E-state index in [0.29, 0.717) is 0 Å². The highest BCUT2D eigenvalue weighted by Gasteiger charge is 2.00. The standard InChI is InChI=1S/C12H14N2O/c1-8-3-4-10(5-9(8)2)6-11-7-12(15)14-13-11/h3-5,7H,6H2,1-2H3,(H2,13,14,15). The quantitative estimate of drug-likeness (QED) is 0.767. The molecule has 0 fully saturated rings. The highest BCUT2D eigenvalue weighted by molar-refractivity contribution is 5.31. The van der Waals surface area contributed by atoms with Gasteiger partial charge < -0.3 is 5.10 Å². The van der Waals surface area contributed by atoms with Crippen LogP contribution in [0.4, 0.5) is 0 Å². The Morgan fingerprint density at radius 1 is 1.07 bits per heavy atom. The van der Waals surface area contributed by atoms with Crippen LogP contribution in [-0.4, -0.2) is 10.2 Å². The molecule has 0 aliphatic carbocycles. The number of hydrogen-bond acceptors (Lipinski definition) is 1. The summed E-state index contributed by atoms with van der Waals surface area (Å²) < 4.78 is 0. The van der Waals surface area contributed by atoms with Crippen molar-refractivity contribution in [3.63, 3.8) is 0 Å². The summed E-state index contributed by atoms with van der Waals surface area (Å²) in [7, 11) is 0.